The summed E-state index contributed by atoms with van der Waals surface area (Å²) >= 11 is 0. The minimum atomic E-state index is -4.38. The van der Waals surface area contributed by atoms with Gasteiger partial charge >= 0.3 is 6.18 Å². The summed E-state index contributed by atoms with van der Waals surface area (Å²) in [6.45, 7) is 0.347. The molecular weight excluding hydrogens is 407 g/mol. The molecule has 1 aromatic heterocycles. The van der Waals surface area contributed by atoms with E-state index in [1.54, 1.807) is 36.0 Å². The number of rotatable bonds is 5. The number of hydrogen-bond acceptors (Lipinski definition) is 3. The number of alkyl halides is 3. The third kappa shape index (κ3) is 4.73. The Morgan fingerprint density at radius 2 is 1.65 bits per heavy atom. The van der Waals surface area contributed by atoms with Crippen molar-refractivity contribution in [3.63, 3.8) is 0 Å². The Labute approximate surface area is 177 Å². The second kappa shape index (κ2) is 8.45. The summed E-state index contributed by atoms with van der Waals surface area (Å²) in [4.78, 5) is 12.7. The van der Waals surface area contributed by atoms with Gasteiger partial charge in [0.05, 0.1) is 11.3 Å². The topological polar surface area (TPSA) is 56.2 Å². The Balaban J connectivity index is 1.36. The fraction of sp³-hybridized carbons (Fsp3) is 0.304. The average Bonchev–Trinajstić information content (AvgIpc) is 3.08. The lowest BCUT2D eigenvalue weighted by atomic mass is 9.95. The molecule has 0 saturated heterocycles. The van der Waals surface area contributed by atoms with Gasteiger partial charge < -0.3 is 10.1 Å². The van der Waals surface area contributed by atoms with E-state index in [1.807, 2.05) is 0 Å². The zero-order valence-corrected chi connectivity index (χ0v) is 17.0. The van der Waals surface area contributed by atoms with Gasteiger partial charge in [-0.3, -0.25) is 9.48 Å². The van der Waals surface area contributed by atoms with E-state index in [-0.39, 0.29) is 5.91 Å². The number of aryl methyl sites for hydroxylation is 2. The largest absolute Gasteiger partial charge is 0.457 e. The molecule has 5 nitrogen and oxygen atoms in total. The lowest BCUT2D eigenvalue weighted by molar-refractivity contribution is -0.137. The first-order valence-electron chi connectivity index (χ1n) is 10.1. The SMILES string of the molecule is Cn1nc2c(c1C(=O)NCc1ccc(Oc3ccc(C(F)(F)F)cc3)cc1)CCCC2. The number of benzene rings is 2. The molecule has 0 saturated carbocycles. The number of amides is 1. The van der Waals surface area contributed by atoms with E-state index >= 15 is 0 Å². The Morgan fingerprint density at radius 1 is 1.03 bits per heavy atom. The minimum absolute atomic E-state index is 0.150. The summed E-state index contributed by atoms with van der Waals surface area (Å²) in [5.41, 5.74) is 2.84. The quantitative estimate of drug-likeness (QED) is 0.618. The Bertz CT molecular complexity index is 1070. The number of ether oxygens (including phenoxy) is 1. The summed E-state index contributed by atoms with van der Waals surface area (Å²) in [7, 11) is 1.79. The summed E-state index contributed by atoms with van der Waals surface area (Å²) < 4.78 is 45.2. The number of carbonyl (C=O) groups is 1. The van der Waals surface area contributed by atoms with Gasteiger partial charge in [-0.25, -0.2) is 0 Å². The van der Waals surface area contributed by atoms with Crippen LogP contribution < -0.4 is 10.1 Å². The maximum absolute atomic E-state index is 12.7. The molecule has 1 aliphatic rings. The molecule has 0 atom stereocenters. The zero-order valence-electron chi connectivity index (χ0n) is 17.0. The zero-order chi connectivity index (χ0) is 22.0. The number of nitrogens with zero attached hydrogens (tertiary/aromatic N) is 2. The van der Waals surface area contributed by atoms with E-state index in [4.69, 9.17) is 4.74 Å². The van der Waals surface area contributed by atoms with Gasteiger partial charge in [0, 0.05) is 19.2 Å². The monoisotopic (exact) mass is 429 g/mol. The number of carbonyl (C=O) groups excluding carboxylic acids is 1. The lowest BCUT2D eigenvalue weighted by Gasteiger charge is -2.12. The molecule has 0 spiro atoms. The van der Waals surface area contributed by atoms with Crippen LogP contribution in [-0.4, -0.2) is 15.7 Å². The van der Waals surface area contributed by atoms with Crippen molar-refractivity contribution in [2.45, 2.75) is 38.4 Å². The van der Waals surface area contributed by atoms with Crippen molar-refractivity contribution in [1.82, 2.24) is 15.1 Å². The Hall–Kier alpha value is -3.29. The van der Waals surface area contributed by atoms with Crippen molar-refractivity contribution in [3.8, 4) is 11.5 Å². The Morgan fingerprint density at radius 3 is 2.29 bits per heavy atom. The minimum Gasteiger partial charge on any atom is -0.457 e. The summed E-state index contributed by atoms with van der Waals surface area (Å²) in [6, 6.07) is 11.6. The molecule has 0 radical (unpaired) electrons. The number of aromatic nitrogens is 2. The van der Waals surface area contributed by atoms with Crippen LogP contribution in [0, 0.1) is 0 Å². The number of fused-ring (bicyclic) bond motifs is 1. The van der Waals surface area contributed by atoms with E-state index in [0.29, 0.717) is 23.7 Å². The van der Waals surface area contributed by atoms with E-state index in [9.17, 15) is 18.0 Å². The van der Waals surface area contributed by atoms with Crippen LogP contribution in [0.3, 0.4) is 0 Å². The fourth-order valence-electron chi connectivity index (χ4n) is 3.75. The molecule has 1 N–H and O–H groups in total. The first-order valence-corrected chi connectivity index (χ1v) is 10.1. The van der Waals surface area contributed by atoms with Crippen molar-refractivity contribution in [2.24, 2.45) is 7.05 Å². The molecule has 0 bridgehead atoms. The van der Waals surface area contributed by atoms with E-state index < -0.39 is 11.7 Å². The smallest absolute Gasteiger partial charge is 0.416 e. The van der Waals surface area contributed by atoms with Crippen LogP contribution in [0.25, 0.3) is 0 Å². The third-order valence-corrected chi connectivity index (χ3v) is 5.33. The third-order valence-electron chi connectivity index (χ3n) is 5.33. The predicted molar refractivity (Wildman–Crippen MR) is 109 cm³/mol. The van der Waals surface area contributed by atoms with Crippen molar-refractivity contribution in [3.05, 3.63) is 76.6 Å². The van der Waals surface area contributed by atoms with Crippen LogP contribution in [0.15, 0.2) is 48.5 Å². The van der Waals surface area contributed by atoms with Gasteiger partial charge in [-0.2, -0.15) is 18.3 Å². The molecule has 1 heterocycles. The molecule has 0 aliphatic heterocycles. The second-order valence-corrected chi connectivity index (χ2v) is 7.56. The molecule has 2 aromatic carbocycles. The first-order chi connectivity index (χ1) is 14.8. The van der Waals surface area contributed by atoms with E-state index in [0.717, 1.165) is 54.6 Å². The standard InChI is InChI=1S/C23H22F3N3O2/c1-29-21(19-4-2-3-5-20(19)28-29)22(30)27-14-15-6-10-17(11-7-15)31-18-12-8-16(9-13-18)23(24,25)26/h6-13H,2-5,14H2,1H3,(H,27,30). The molecule has 3 aromatic rings. The number of halogens is 3. The van der Waals surface area contributed by atoms with Crippen LogP contribution >= 0.6 is 0 Å². The molecule has 0 unspecified atom stereocenters. The van der Waals surface area contributed by atoms with Crippen molar-refractivity contribution >= 4 is 5.91 Å². The molecule has 0 fully saturated rings. The van der Waals surface area contributed by atoms with Crippen LogP contribution in [0.2, 0.25) is 0 Å². The molecular formula is C23H22F3N3O2. The van der Waals surface area contributed by atoms with Gasteiger partial charge in [0.15, 0.2) is 0 Å². The van der Waals surface area contributed by atoms with Crippen LogP contribution in [0.4, 0.5) is 13.2 Å². The lowest BCUT2D eigenvalue weighted by Crippen LogP contribution is -2.26. The highest BCUT2D eigenvalue weighted by molar-refractivity contribution is 5.94. The molecule has 1 aliphatic carbocycles. The highest BCUT2D eigenvalue weighted by Crippen LogP contribution is 2.31. The van der Waals surface area contributed by atoms with Crippen LogP contribution in [0.1, 0.15) is 45.7 Å². The van der Waals surface area contributed by atoms with Gasteiger partial charge in [-0.05, 0) is 67.6 Å². The summed E-state index contributed by atoms with van der Waals surface area (Å²) in [5, 5.41) is 7.41. The van der Waals surface area contributed by atoms with Crippen molar-refractivity contribution in [1.29, 1.82) is 0 Å². The van der Waals surface area contributed by atoms with Gasteiger partial charge in [-0.15, -0.1) is 0 Å². The van der Waals surface area contributed by atoms with Gasteiger partial charge in [0.25, 0.3) is 5.91 Å². The second-order valence-electron chi connectivity index (χ2n) is 7.56. The van der Waals surface area contributed by atoms with Crippen LogP contribution in [-0.2, 0) is 32.6 Å². The molecule has 8 heteroatoms. The number of hydrogen-bond donors (Lipinski definition) is 1. The Kier molecular flexibility index (Phi) is 5.71. The van der Waals surface area contributed by atoms with Crippen molar-refractivity contribution < 1.29 is 22.7 Å². The highest BCUT2D eigenvalue weighted by Gasteiger charge is 2.30. The maximum atomic E-state index is 12.7. The molecule has 1 amide bonds. The average molecular weight is 429 g/mol. The number of nitrogens with one attached hydrogen (secondary N) is 1. The van der Waals surface area contributed by atoms with Gasteiger partial charge in [-0.1, -0.05) is 12.1 Å². The predicted octanol–water partition coefficient (Wildman–Crippen LogP) is 5.04. The van der Waals surface area contributed by atoms with Crippen LogP contribution in [0.5, 0.6) is 11.5 Å². The van der Waals surface area contributed by atoms with Gasteiger partial charge in [0.1, 0.15) is 17.2 Å². The normalized spacial score (nSPS) is 13.5. The molecule has 4 rings (SSSR count). The summed E-state index contributed by atoms with van der Waals surface area (Å²) in [6.07, 6.45) is -0.413. The van der Waals surface area contributed by atoms with E-state index in [1.165, 1.54) is 12.1 Å². The summed E-state index contributed by atoms with van der Waals surface area (Å²) in [5.74, 6) is 0.661. The molecule has 162 valence electrons. The fourth-order valence-corrected chi connectivity index (χ4v) is 3.75. The highest BCUT2D eigenvalue weighted by atomic mass is 19.4. The molecule has 31 heavy (non-hydrogen) atoms. The van der Waals surface area contributed by atoms with Gasteiger partial charge in [0.2, 0.25) is 0 Å². The first kappa shape index (κ1) is 21.0. The van der Waals surface area contributed by atoms with E-state index in [2.05, 4.69) is 10.4 Å². The van der Waals surface area contributed by atoms with Crippen molar-refractivity contribution in [2.75, 3.05) is 0 Å². The maximum Gasteiger partial charge on any atom is 0.416 e.